The van der Waals surface area contributed by atoms with Crippen LogP contribution in [0.3, 0.4) is 0 Å². The molecule has 7 aromatic rings. The molecule has 0 amide bonds. The normalized spacial score (nSPS) is 11.6. The molecule has 3 heteroatoms. The molecular weight excluding hydrogens is 450 g/mol. The van der Waals surface area contributed by atoms with Gasteiger partial charge in [-0.25, -0.2) is 0 Å². The molecule has 0 atom stereocenters. The lowest BCUT2D eigenvalue weighted by Crippen LogP contribution is -1.95. The highest BCUT2D eigenvalue weighted by Gasteiger charge is 2.19. The van der Waals surface area contributed by atoms with E-state index in [4.69, 9.17) is 0 Å². The van der Waals surface area contributed by atoms with Crippen LogP contribution >= 0.6 is 0 Å². The fourth-order valence-corrected chi connectivity index (χ4v) is 6.00. The zero-order valence-corrected chi connectivity index (χ0v) is 20.9. The molecule has 0 fully saturated rings. The largest absolute Gasteiger partial charge is 0.340 e. The van der Waals surface area contributed by atoms with Gasteiger partial charge in [-0.1, -0.05) is 66.7 Å². The van der Waals surface area contributed by atoms with E-state index in [9.17, 15) is 5.26 Å². The molecule has 0 saturated heterocycles. The Kier molecular flexibility index (Phi) is 4.71. The second-order valence-electron chi connectivity index (χ2n) is 9.68. The summed E-state index contributed by atoms with van der Waals surface area (Å²) in [6, 6.07) is 39.0. The van der Waals surface area contributed by atoms with Gasteiger partial charge in [0.2, 0.25) is 0 Å². The molecule has 37 heavy (non-hydrogen) atoms. The minimum atomic E-state index is 0.708. The number of aromatic nitrogens is 2. The Hall–Kier alpha value is -4.81. The van der Waals surface area contributed by atoms with E-state index in [1.54, 1.807) is 0 Å². The van der Waals surface area contributed by atoms with Gasteiger partial charge in [0.05, 0.1) is 28.2 Å². The van der Waals surface area contributed by atoms with Crippen LogP contribution in [0.4, 0.5) is 0 Å². The van der Waals surface area contributed by atoms with Gasteiger partial charge in [-0.05, 0) is 66.9 Å². The van der Waals surface area contributed by atoms with E-state index in [0.29, 0.717) is 5.56 Å². The van der Waals surface area contributed by atoms with E-state index in [1.165, 1.54) is 43.6 Å². The quantitative estimate of drug-likeness (QED) is 0.251. The van der Waals surface area contributed by atoms with Crippen molar-refractivity contribution in [3.63, 3.8) is 0 Å². The Labute approximate surface area is 215 Å². The minimum absolute atomic E-state index is 0.708. The summed E-state index contributed by atoms with van der Waals surface area (Å²) in [5, 5.41) is 14.8. The highest BCUT2D eigenvalue weighted by Crippen LogP contribution is 2.40. The van der Waals surface area contributed by atoms with Crippen molar-refractivity contribution in [3.05, 3.63) is 114 Å². The fourth-order valence-electron chi connectivity index (χ4n) is 6.00. The smallest absolute Gasteiger partial charge is 0.0998 e. The number of fused-ring (bicyclic) bond motifs is 7. The maximum atomic E-state index is 9.67. The Balaban J connectivity index is 1.51. The topological polar surface area (TPSA) is 33.6 Å². The first-order valence-corrected chi connectivity index (χ1v) is 12.7. The van der Waals surface area contributed by atoms with E-state index in [0.717, 1.165) is 28.9 Å². The molecular formula is C34H25N3. The van der Waals surface area contributed by atoms with Gasteiger partial charge in [-0.15, -0.1) is 0 Å². The first kappa shape index (κ1) is 21.5. The standard InChI is InChI=1S/C34H25N3/c1-3-36-30-10-6-4-8-27(30)28-18-19-32-33(34(28)36)29-9-5-7-11-31(29)37(32)25-15-13-23(14-16-25)26-17-12-22(2)20-24(26)21-35/h4-20H,3H2,1-2H3. The van der Waals surface area contributed by atoms with Crippen molar-refractivity contribution in [3.8, 4) is 22.9 Å². The summed E-state index contributed by atoms with van der Waals surface area (Å²) in [6.45, 7) is 5.16. The van der Waals surface area contributed by atoms with E-state index < -0.39 is 0 Å². The van der Waals surface area contributed by atoms with Crippen LogP contribution in [0.15, 0.2) is 103 Å². The first-order valence-electron chi connectivity index (χ1n) is 12.7. The number of nitriles is 1. The molecule has 176 valence electrons. The predicted octanol–water partition coefficient (Wildman–Crippen LogP) is 8.76. The van der Waals surface area contributed by atoms with Gasteiger partial charge in [0.1, 0.15) is 0 Å². The summed E-state index contributed by atoms with van der Waals surface area (Å²) in [5.41, 5.74) is 9.90. The average Bonchev–Trinajstić information content (AvgIpc) is 3.45. The summed E-state index contributed by atoms with van der Waals surface area (Å²) in [6.07, 6.45) is 0. The average molecular weight is 476 g/mol. The van der Waals surface area contributed by atoms with Crippen LogP contribution in [0.2, 0.25) is 0 Å². The molecule has 2 aromatic heterocycles. The van der Waals surface area contributed by atoms with Gasteiger partial charge in [-0.3, -0.25) is 0 Å². The lowest BCUT2D eigenvalue weighted by Gasteiger charge is -2.11. The Morgan fingerprint density at radius 2 is 1.43 bits per heavy atom. The van der Waals surface area contributed by atoms with Crippen LogP contribution in [0.25, 0.3) is 60.4 Å². The van der Waals surface area contributed by atoms with Gasteiger partial charge >= 0.3 is 0 Å². The summed E-state index contributed by atoms with van der Waals surface area (Å²) < 4.78 is 4.82. The molecule has 7 rings (SSSR count). The lowest BCUT2D eigenvalue weighted by atomic mass is 9.98. The van der Waals surface area contributed by atoms with Crippen molar-refractivity contribution < 1.29 is 0 Å². The second kappa shape index (κ2) is 8.11. The third-order valence-electron chi connectivity index (χ3n) is 7.61. The predicted molar refractivity (Wildman–Crippen MR) is 154 cm³/mol. The van der Waals surface area contributed by atoms with E-state index in [2.05, 4.69) is 113 Å². The number of para-hydroxylation sites is 2. The van der Waals surface area contributed by atoms with Crippen molar-refractivity contribution in [2.75, 3.05) is 0 Å². The van der Waals surface area contributed by atoms with E-state index in [-0.39, 0.29) is 0 Å². The van der Waals surface area contributed by atoms with E-state index >= 15 is 0 Å². The highest BCUT2D eigenvalue weighted by molar-refractivity contribution is 6.25. The van der Waals surface area contributed by atoms with Crippen LogP contribution in [0.1, 0.15) is 18.1 Å². The van der Waals surface area contributed by atoms with Crippen molar-refractivity contribution in [1.29, 1.82) is 5.26 Å². The van der Waals surface area contributed by atoms with Crippen LogP contribution in [0, 0.1) is 18.3 Å². The first-order chi connectivity index (χ1) is 18.2. The molecule has 0 spiro atoms. The molecule has 2 heterocycles. The number of nitrogens with zero attached hydrogens (tertiary/aromatic N) is 3. The molecule has 0 N–H and O–H groups in total. The number of hydrogen-bond donors (Lipinski definition) is 0. The number of hydrogen-bond acceptors (Lipinski definition) is 1. The molecule has 0 saturated carbocycles. The van der Waals surface area contributed by atoms with Gasteiger partial charge in [0, 0.05) is 39.3 Å². The summed E-state index contributed by atoms with van der Waals surface area (Å²) in [4.78, 5) is 0. The van der Waals surface area contributed by atoms with Gasteiger partial charge < -0.3 is 9.13 Å². The Morgan fingerprint density at radius 1 is 0.703 bits per heavy atom. The van der Waals surface area contributed by atoms with E-state index in [1.807, 2.05) is 19.1 Å². The Morgan fingerprint density at radius 3 is 2.19 bits per heavy atom. The van der Waals surface area contributed by atoms with Crippen molar-refractivity contribution in [2.45, 2.75) is 20.4 Å². The zero-order chi connectivity index (χ0) is 25.1. The maximum absolute atomic E-state index is 9.67. The third-order valence-corrected chi connectivity index (χ3v) is 7.61. The second-order valence-corrected chi connectivity index (χ2v) is 9.68. The van der Waals surface area contributed by atoms with Gasteiger partial charge in [0.25, 0.3) is 0 Å². The minimum Gasteiger partial charge on any atom is -0.340 e. The van der Waals surface area contributed by atoms with Crippen LogP contribution in [-0.2, 0) is 6.54 Å². The number of aryl methyl sites for hydroxylation is 2. The van der Waals surface area contributed by atoms with Crippen molar-refractivity contribution in [1.82, 2.24) is 9.13 Å². The summed E-state index contributed by atoms with van der Waals surface area (Å²) >= 11 is 0. The SMILES string of the molecule is CCn1c2ccccc2c2ccc3c(c4ccccc4n3-c3ccc(-c4ccc(C)cc4C#N)cc3)c21. The molecule has 0 unspecified atom stereocenters. The van der Waals surface area contributed by atoms with Gasteiger partial charge in [0.15, 0.2) is 0 Å². The van der Waals surface area contributed by atoms with Crippen LogP contribution in [0.5, 0.6) is 0 Å². The molecule has 0 aliphatic carbocycles. The van der Waals surface area contributed by atoms with Crippen LogP contribution < -0.4 is 0 Å². The Bertz CT molecular complexity index is 2030. The molecule has 0 radical (unpaired) electrons. The monoisotopic (exact) mass is 475 g/mol. The van der Waals surface area contributed by atoms with Crippen molar-refractivity contribution >= 4 is 43.6 Å². The lowest BCUT2D eigenvalue weighted by molar-refractivity contribution is 0.829. The van der Waals surface area contributed by atoms with Crippen molar-refractivity contribution in [2.24, 2.45) is 0 Å². The molecule has 0 aliphatic heterocycles. The zero-order valence-electron chi connectivity index (χ0n) is 20.9. The highest BCUT2D eigenvalue weighted by atomic mass is 15.0. The summed E-state index contributed by atoms with van der Waals surface area (Å²) in [7, 11) is 0. The number of rotatable bonds is 3. The van der Waals surface area contributed by atoms with Crippen LogP contribution in [-0.4, -0.2) is 9.13 Å². The fraction of sp³-hybridized carbons (Fsp3) is 0.0882. The molecule has 3 nitrogen and oxygen atoms in total. The number of benzene rings is 5. The molecule has 5 aromatic carbocycles. The maximum Gasteiger partial charge on any atom is 0.0998 e. The summed E-state index contributed by atoms with van der Waals surface area (Å²) in [5.74, 6) is 0. The third kappa shape index (κ3) is 3.06. The van der Waals surface area contributed by atoms with Gasteiger partial charge in [-0.2, -0.15) is 5.26 Å². The molecule has 0 bridgehead atoms. The molecule has 0 aliphatic rings.